The van der Waals surface area contributed by atoms with Crippen LogP contribution in [0.2, 0.25) is 0 Å². The van der Waals surface area contributed by atoms with Crippen LogP contribution in [0.1, 0.15) is 10.8 Å². The summed E-state index contributed by atoms with van der Waals surface area (Å²) in [6.07, 6.45) is 0. The van der Waals surface area contributed by atoms with Gasteiger partial charge in [-0.2, -0.15) is 11.8 Å². The maximum absolute atomic E-state index is 9.31. The largest absolute Gasteiger partial charge is 0.395 e. The van der Waals surface area contributed by atoms with Crippen molar-refractivity contribution < 1.29 is 5.11 Å². The van der Waals surface area contributed by atoms with Gasteiger partial charge < -0.3 is 10.0 Å². The summed E-state index contributed by atoms with van der Waals surface area (Å²) in [5.41, 5.74) is 1.21. The van der Waals surface area contributed by atoms with Crippen molar-refractivity contribution in [1.82, 2.24) is 4.90 Å². The standard InChI is InChI=1S/C12H19NOS/c1-13(2)8-9-15-12(10-14)11-6-4-3-5-7-11/h3-7,12,14H,8-10H2,1-2H3. The number of nitrogens with zero attached hydrogens (tertiary/aromatic N) is 1. The molecule has 0 saturated heterocycles. The molecule has 1 unspecified atom stereocenters. The predicted molar refractivity (Wildman–Crippen MR) is 67.3 cm³/mol. The van der Waals surface area contributed by atoms with Crippen molar-refractivity contribution in [1.29, 1.82) is 0 Å². The Bertz CT molecular complexity index is 264. The minimum absolute atomic E-state index is 0.210. The molecule has 0 aliphatic rings. The van der Waals surface area contributed by atoms with E-state index in [9.17, 15) is 5.11 Å². The summed E-state index contributed by atoms with van der Waals surface area (Å²) in [6.45, 7) is 1.26. The van der Waals surface area contributed by atoms with Crippen LogP contribution in [0.15, 0.2) is 30.3 Å². The van der Waals surface area contributed by atoms with Crippen molar-refractivity contribution >= 4 is 11.8 Å². The summed E-state index contributed by atoms with van der Waals surface area (Å²) in [4.78, 5) is 2.16. The highest BCUT2D eigenvalue weighted by molar-refractivity contribution is 7.99. The van der Waals surface area contributed by atoms with Gasteiger partial charge in [0.25, 0.3) is 0 Å². The smallest absolute Gasteiger partial charge is 0.0591 e. The third-order valence-electron chi connectivity index (χ3n) is 2.19. The molecule has 2 nitrogen and oxygen atoms in total. The fraction of sp³-hybridized carbons (Fsp3) is 0.500. The van der Waals surface area contributed by atoms with E-state index in [1.807, 2.05) is 30.0 Å². The third kappa shape index (κ3) is 4.69. The molecule has 0 bridgehead atoms. The molecule has 1 atom stereocenters. The summed E-state index contributed by atoms with van der Waals surface area (Å²) in [6, 6.07) is 10.2. The van der Waals surface area contributed by atoms with Gasteiger partial charge in [-0.3, -0.25) is 0 Å². The Morgan fingerprint density at radius 1 is 1.27 bits per heavy atom. The summed E-state index contributed by atoms with van der Waals surface area (Å²) in [5, 5.41) is 9.52. The molecular weight excluding hydrogens is 206 g/mol. The van der Waals surface area contributed by atoms with Crippen LogP contribution in [-0.4, -0.2) is 43.0 Å². The number of aliphatic hydroxyl groups excluding tert-OH is 1. The molecule has 1 N–H and O–H groups in total. The van der Waals surface area contributed by atoms with Crippen molar-refractivity contribution in [3.8, 4) is 0 Å². The van der Waals surface area contributed by atoms with Gasteiger partial charge in [0.2, 0.25) is 0 Å². The average molecular weight is 225 g/mol. The van der Waals surface area contributed by atoms with E-state index >= 15 is 0 Å². The highest BCUT2D eigenvalue weighted by atomic mass is 32.2. The zero-order valence-electron chi connectivity index (χ0n) is 9.39. The summed E-state index contributed by atoms with van der Waals surface area (Å²) >= 11 is 1.81. The first-order valence-electron chi connectivity index (χ1n) is 5.16. The van der Waals surface area contributed by atoms with Gasteiger partial charge in [-0.25, -0.2) is 0 Å². The van der Waals surface area contributed by atoms with Gasteiger partial charge in [-0.05, 0) is 19.7 Å². The zero-order chi connectivity index (χ0) is 11.1. The Balaban J connectivity index is 2.43. The molecule has 84 valence electrons. The molecule has 15 heavy (non-hydrogen) atoms. The number of hydrogen-bond acceptors (Lipinski definition) is 3. The first-order chi connectivity index (χ1) is 7.24. The number of hydrogen-bond donors (Lipinski definition) is 1. The van der Waals surface area contributed by atoms with E-state index in [4.69, 9.17) is 0 Å². The lowest BCUT2D eigenvalue weighted by atomic mass is 10.2. The Labute approximate surface area is 96.3 Å². The van der Waals surface area contributed by atoms with Crippen LogP contribution >= 0.6 is 11.8 Å². The molecule has 1 aromatic rings. The highest BCUT2D eigenvalue weighted by Gasteiger charge is 2.09. The molecule has 0 radical (unpaired) electrons. The van der Waals surface area contributed by atoms with Gasteiger partial charge in [0.15, 0.2) is 0 Å². The fourth-order valence-corrected chi connectivity index (χ4v) is 2.51. The van der Waals surface area contributed by atoms with Crippen LogP contribution in [-0.2, 0) is 0 Å². The van der Waals surface area contributed by atoms with Crippen molar-refractivity contribution in [3.63, 3.8) is 0 Å². The van der Waals surface area contributed by atoms with E-state index in [-0.39, 0.29) is 11.9 Å². The molecule has 0 saturated carbocycles. The maximum atomic E-state index is 9.31. The summed E-state index contributed by atoms with van der Waals surface area (Å²) < 4.78 is 0. The van der Waals surface area contributed by atoms with E-state index in [0.717, 1.165) is 12.3 Å². The van der Waals surface area contributed by atoms with Crippen molar-refractivity contribution in [3.05, 3.63) is 35.9 Å². The van der Waals surface area contributed by atoms with Crippen LogP contribution < -0.4 is 0 Å². The number of rotatable bonds is 6. The topological polar surface area (TPSA) is 23.5 Å². The highest BCUT2D eigenvalue weighted by Crippen LogP contribution is 2.27. The van der Waals surface area contributed by atoms with Gasteiger partial charge in [0.05, 0.1) is 11.9 Å². The van der Waals surface area contributed by atoms with Gasteiger partial charge in [-0.1, -0.05) is 30.3 Å². The minimum Gasteiger partial charge on any atom is -0.395 e. The fourth-order valence-electron chi connectivity index (χ4n) is 1.30. The molecule has 0 aromatic heterocycles. The first kappa shape index (κ1) is 12.6. The second kappa shape index (κ2) is 6.88. The van der Waals surface area contributed by atoms with E-state index in [1.165, 1.54) is 5.56 Å². The van der Waals surface area contributed by atoms with Gasteiger partial charge in [-0.15, -0.1) is 0 Å². The van der Waals surface area contributed by atoms with Crippen LogP contribution in [0.3, 0.4) is 0 Å². The molecule has 1 rings (SSSR count). The number of thioether (sulfide) groups is 1. The third-order valence-corrected chi connectivity index (χ3v) is 3.44. The first-order valence-corrected chi connectivity index (χ1v) is 6.21. The van der Waals surface area contributed by atoms with Crippen LogP contribution in [0.5, 0.6) is 0 Å². The predicted octanol–water partition coefficient (Wildman–Crippen LogP) is 2.01. The quantitative estimate of drug-likeness (QED) is 0.801. The average Bonchev–Trinajstić information content (AvgIpc) is 2.25. The lowest BCUT2D eigenvalue weighted by Gasteiger charge is -2.16. The van der Waals surface area contributed by atoms with Gasteiger partial charge in [0, 0.05) is 12.3 Å². The van der Waals surface area contributed by atoms with Crippen molar-refractivity contribution in [2.75, 3.05) is 33.0 Å². The number of aliphatic hydroxyl groups is 1. The zero-order valence-corrected chi connectivity index (χ0v) is 10.2. The Morgan fingerprint density at radius 3 is 2.47 bits per heavy atom. The number of benzene rings is 1. The normalized spacial score (nSPS) is 13.1. The lowest BCUT2D eigenvalue weighted by molar-refractivity contribution is 0.296. The molecule has 0 spiro atoms. The SMILES string of the molecule is CN(C)CCSC(CO)c1ccccc1. The molecule has 1 aromatic carbocycles. The van der Waals surface area contributed by atoms with Crippen molar-refractivity contribution in [2.45, 2.75) is 5.25 Å². The maximum Gasteiger partial charge on any atom is 0.0591 e. The molecule has 3 heteroatoms. The van der Waals surface area contributed by atoms with Gasteiger partial charge >= 0.3 is 0 Å². The second-order valence-corrected chi connectivity index (χ2v) is 5.07. The molecule has 0 aliphatic heterocycles. The molecular formula is C12H19NOS. The van der Waals surface area contributed by atoms with Gasteiger partial charge in [0.1, 0.15) is 0 Å². The monoisotopic (exact) mass is 225 g/mol. The Kier molecular flexibility index (Phi) is 5.76. The minimum atomic E-state index is 0.210. The van der Waals surface area contributed by atoms with E-state index in [0.29, 0.717) is 0 Å². The summed E-state index contributed by atoms with van der Waals surface area (Å²) in [7, 11) is 4.13. The van der Waals surface area contributed by atoms with E-state index in [2.05, 4.69) is 31.1 Å². The molecule has 0 heterocycles. The van der Waals surface area contributed by atoms with Crippen LogP contribution in [0.25, 0.3) is 0 Å². The van der Waals surface area contributed by atoms with Crippen molar-refractivity contribution in [2.24, 2.45) is 0 Å². The van der Waals surface area contributed by atoms with E-state index < -0.39 is 0 Å². The summed E-state index contributed by atoms with van der Waals surface area (Å²) in [5.74, 6) is 1.05. The van der Waals surface area contributed by atoms with E-state index in [1.54, 1.807) is 0 Å². The molecule has 0 aliphatic carbocycles. The lowest BCUT2D eigenvalue weighted by Crippen LogP contribution is -2.16. The molecule has 0 fully saturated rings. The Morgan fingerprint density at radius 2 is 1.93 bits per heavy atom. The second-order valence-electron chi connectivity index (χ2n) is 3.76. The van der Waals surface area contributed by atoms with Crippen LogP contribution in [0, 0.1) is 0 Å². The molecule has 0 amide bonds. The van der Waals surface area contributed by atoms with Crippen LogP contribution in [0.4, 0.5) is 0 Å². The Hall–Kier alpha value is -0.510.